The largest absolute Gasteiger partial charge is 0.389 e. The molecule has 194 valence electrons. The van der Waals surface area contributed by atoms with Crippen LogP contribution in [0.1, 0.15) is 49.3 Å². The van der Waals surface area contributed by atoms with Gasteiger partial charge in [-0.3, -0.25) is 14.7 Å². The highest BCUT2D eigenvalue weighted by atomic mass is 35.5. The monoisotopic (exact) mass is 524 g/mol. The summed E-state index contributed by atoms with van der Waals surface area (Å²) in [6.07, 6.45) is 5.23. The molecule has 1 aromatic carbocycles. The normalized spacial score (nSPS) is 28.5. The van der Waals surface area contributed by atoms with Crippen molar-refractivity contribution in [2.75, 3.05) is 31.6 Å². The average Bonchev–Trinajstić information content (AvgIpc) is 3.63. The predicted octanol–water partition coefficient (Wildman–Crippen LogP) is 4.49. The molecule has 2 N–H and O–H groups in total. The number of carbonyl (C=O) groups excluding carboxylic acids is 1. The molecule has 3 aromatic rings. The Morgan fingerprint density at radius 2 is 2.03 bits per heavy atom. The maximum atomic E-state index is 13.5. The fourth-order valence-electron chi connectivity index (χ4n) is 5.88. The molecule has 2 aromatic heterocycles. The Balaban J connectivity index is 1.14. The van der Waals surface area contributed by atoms with Crippen LogP contribution in [0.25, 0.3) is 10.8 Å². The van der Waals surface area contributed by atoms with E-state index in [1.54, 1.807) is 6.20 Å². The quantitative estimate of drug-likeness (QED) is 0.511. The van der Waals surface area contributed by atoms with Crippen LogP contribution in [0.5, 0.6) is 0 Å². The van der Waals surface area contributed by atoms with E-state index in [4.69, 9.17) is 16.3 Å². The second kappa shape index (κ2) is 9.58. The van der Waals surface area contributed by atoms with Crippen LogP contribution < -0.4 is 5.32 Å². The van der Waals surface area contributed by atoms with Crippen molar-refractivity contribution in [2.24, 2.45) is 5.92 Å². The third-order valence-corrected chi connectivity index (χ3v) is 8.71. The lowest BCUT2D eigenvalue weighted by atomic mass is 9.85. The Morgan fingerprint density at radius 1 is 1.22 bits per heavy atom. The van der Waals surface area contributed by atoms with E-state index in [0.717, 1.165) is 47.3 Å². The number of hydrogen-bond donors (Lipinski definition) is 2. The molecule has 0 radical (unpaired) electrons. The van der Waals surface area contributed by atoms with Crippen molar-refractivity contribution in [3.63, 3.8) is 0 Å². The van der Waals surface area contributed by atoms with Gasteiger partial charge in [-0.1, -0.05) is 11.6 Å². The fraction of sp³-hybridized carbons (Fsp3) is 0.464. The Bertz CT molecular complexity index is 1350. The van der Waals surface area contributed by atoms with Crippen molar-refractivity contribution in [3.05, 3.63) is 64.8 Å². The van der Waals surface area contributed by atoms with Gasteiger partial charge in [0.25, 0.3) is 0 Å². The van der Waals surface area contributed by atoms with E-state index in [1.807, 2.05) is 12.1 Å². The van der Waals surface area contributed by atoms with Gasteiger partial charge in [-0.25, -0.2) is 9.37 Å². The van der Waals surface area contributed by atoms with Crippen molar-refractivity contribution >= 4 is 34.1 Å². The molecular formula is C28H30ClFN4O3. The molecule has 0 bridgehead atoms. The lowest BCUT2D eigenvalue weighted by Crippen LogP contribution is -2.56. The summed E-state index contributed by atoms with van der Waals surface area (Å²) in [5.41, 5.74) is 1.38. The maximum Gasteiger partial charge on any atom is 0.229 e. The molecule has 2 saturated heterocycles. The Labute approximate surface area is 220 Å². The average molecular weight is 525 g/mol. The molecule has 3 aliphatic rings. The summed E-state index contributed by atoms with van der Waals surface area (Å²) in [4.78, 5) is 23.8. The molecule has 2 unspecified atom stereocenters. The number of aliphatic hydroxyl groups excluding tert-OH is 1. The number of anilines is 1. The number of amides is 1. The zero-order chi connectivity index (χ0) is 25.7. The number of carbonyl (C=O) groups is 1. The first kappa shape index (κ1) is 24.7. The summed E-state index contributed by atoms with van der Waals surface area (Å²) < 4.78 is 19.0. The number of rotatable bonds is 5. The summed E-state index contributed by atoms with van der Waals surface area (Å²) in [7, 11) is 0. The minimum Gasteiger partial charge on any atom is -0.389 e. The number of halogens is 2. The second-order valence-corrected chi connectivity index (χ2v) is 11.2. The Morgan fingerprint density at radius 3 is 2.76 bits per heavy atom. The molecule has 4 atom stereocenters. The van der Waals surface area contributed by atoms with Crippen LogP contribution in [0.4, 0.5) is 10.2 Å². The van der Waals surface area contributed by atoms with Gasteiger partial charge in [0.2, 0.25) is 5.91 Å². The number of likely N-dealkylation sites (tertiary alicyclic amines) is 1. The highest BCUT2D eigenvalue weighted by Gasteiger charge is 2.46. The van der Waals surface area contributed by atoms with Gasteiger partial charge in [-0.05, 0) is 86.5 Å². The molecule has 1 amide bonds. The zero-order valence-electron chi connectivity index (χ0n) is 20.7. The number of pyridine rings is 2. The standard InChI is InChI=1S/C28H30ClFN4O3/c1-28(15-37-14-25(28)35)34-6-3-16(4-7-34)20-8-17-10-26(32-13-18(17)9-23(20)29)33-27(36)22-12-21(22)24-11-19(30)2-5-31-24/h2,5,8-11,13,16,21-22,25,35H,3-4,6-7,12,14-15H2,1H3,(H,32,33,36)/t21?,22?,25-,28+/m0/s1. The van der Waals surface area contributed by atoms with Gasteiger partial charge in [0.15, 0.2) is 0 Å². The summed E-state index contributed by atoms with van der Waals surface area (Å²) in [6, 6.07) is 8.64. The molecule has 1 aliphatic carbocycles. The number of aliphatic hydroxyl groups is 1. The van der Waals surface area contributed by atoms with Crippen LogP contribution >= 0.6 is 11.6 Å². The minimum absolute atomic E-state index is 0.0633. The molecule has 2 aliphatic heterocycles. The lowest BCUT2D eigenvalue weighted by molar-refractivity contribution is -0.117. The highest BCUT2D eigenvalue weighted by Crippen LogP contribution is 2.47. The van der Waals surface area contributed by atoms with Gasteiger partial charge in [0, 0.05) is 40.3 Å². The van der Waals surface area contributed by atoms with E-state index < -0.39 is 6.10 Å². The van der Waals surface area contributed by atoms with E-state index in [1.165, 1.54) is 18.3 Å². The topological polar surface area (TPSA) is 87.6 Å². The molecule has 4 heterocycles. The lowest BCUT2D eigenvalue weighted by Gasteiger charge is -2.43. The first-order chi connectivity index (χ1) is 17.8. The molecule has 1 saturated carbocycles. The fourth-order valence-corrected chi connectivity index (χ4v) is 6.20. The van der Waals surface area contributed by atoms with Crippen LogP contribution in [0.3, 0.4) is 0 Å². The van der Waals surface area contributed by atoms with Crippen LogP contribution in [-0.4, -0.2) is 63.8 Å². The third kappa shape index (κ3) is 4.72. The Hall–Kier alpha value is -2.65. The van der Waals surface area contributed by atoms with Gasteiger partial charge in [0.05, 0.1) is 24.9 Å². The number of nitrogens with one attached hydrogen (secondary N) is 1. The summed E-state index contributed by atoms with van der Waals surface area (Å²) >= 11 is 6.71. The van der Waals surface area contributed by atoms with Crippen LogP contribution in [-0.2, 0) is 9.53 Å². The third-order valence-electron chi connectivity index (χ3n) is 8.38. The molecule has 9 heteroatoms. The first-order valence-corrected chi connectivity index (χ1v) is 13.2. The summed E-state index contributed by atoms with van der Waals surface area (Å²) in [6.45, 7) is 4.77. The zero-order valence-corrected chi connectivity index (χ0v) is 21.4. The number of nitrogens with zero attached hydrogens (tertiary/aromatic N) is 3. The summed E-state index contributed by atoms with van der Waals surface area (Å²) in [5.74, 6) is 0.0350. The number of piperidine rings is 1. The van der Waals surface area contributed by atoms with E-state index in [2.05, 4.69) is 33.2 Å². The van der Waals surface area contributed by atoms with Gasteiger partial charge >= 0.3 is 0 Å². The van der Waals surface area contributed by atoms with E-state index in [-0.39, 0.29) is 29.1 Å². The predicted molar refractivity (Wildman–Crippen MR) is 139 cm³/mol. The number of aromatic nitrogens is 2. The smallest absolute Gasteiger partial charge is 0.229 e. The molecular weight excluding hydrogens is 495 g/mol. The van der Waals surface area contributed by atoms with E-state index in [0.29, 0.717) is 37.1 Å². The van der Waals surface area contributed by atoms with Crippen molar-refractivity contribution in [2.45, 2.75) is 49.7 Å². The summed E-state index contributed by atoms with van der Waals surface area (Å²) in [5, 5.41) is 15.9. The van der Waals surface area contributed by atoms with Crippen molar-refractivity contribution in [1.29, 1.82) is 0 Å². The number of ether oxygens (including phenoxy) is 1. The van der Waals surface area contributed by atoms with Gasteiger partial charge in [-0.15, -0.1) is 0 Å². The van der Waals surface area contributed by atoms with Crippen LogP contribution in [0.2, 0.25) is 5.02 Å². The molecule has 0 spiro atoms. The van der Waals surface area contributed by atoms with Crippen molar-refractivity contribution < 1.29 is 19.0 Å². The molecule has 3 fully saturated rings. The minimum atomic E-state index is -0.467. The van der Waals surface area contributed by atoms with Crippen LogP contribution in [0.15, 0.2) is 42.7 Å². The molecule has 37 heavy (non-hydrogen) atoms. The highest BCUT2D eigenvalue weighted by molar-refractivity contribution is 6.32. The Kier molecular flexibility index (Phi) is 6.39. The number of hydrogen-bond acceptors (Lipinski definition) is 6. The second-order valence-electron chi connectivity index (χ2n) is 10.8. The number of fused-ring (bicyclic) bond motifs is 1. The van der Waals surface area contributed by atoms with Crippen molar-refractivity contribution in [3.8, 4) is 0 Å². The molecule has 7 nitrogen and oxygen atoms in total. The number of benzene rings is 1. The van der Waals surface area contributed by atoms with Gasteiger partial charge < -0.3 is 15.2 Å². The first-order valence-electron chi connectivity index (χ1n) is 12.8. The van der Waals surface area contributed by atoms with E-state index in [9.17, 15) is 14.3 Å². The SMILES string of the molecule is C[C@@]1(N2CCC(c3cc4cc(NC(=O)C5CC5c5cc(F)ccn5)ncc4cc3Cl)CC2)COC[C@@H]1O. The van der Waals surface area contributed by atoms with Crippen molar-refractivity contribution in [1.82, 2.24) is 14.9 Å². The van der Waals surface area contributed by atoms with E-state index >= 15 is 0 Å². The van der Waals surface area contributed by atoms with Gasteiger partial charge in [0.1, 0.15) is 11.6 Å². The van der Waals surface area contributed by atoms with Crippen LogP contribution in [0, 0.1) is 11.7 Å². The van der Waals surface area contributed by atoms with Gasteiger partial charge in [-0.2, -0.15) is 0 Å². The molecule has 6 rings (SSSR count). The maximum absolute atomic E-state index is 13.5.